The minimum atomic E-state index is -0.223. The number of carbonyl (C=O) groups excluding carboxylic acids is 2. The van der Waals surface area contributed by atoms with Crippen molar-refractivity contribution in [2.75, 3.05) is 26.2 Å². The second-order valence-corrected chi connectivity index (χ2v) is 4.30. The van der Waals surface area contributed by atoms with Crippen LogP contribution in [0.4, 0.5) is 0 Å². The molecular formula is C11H14N2O2. The summed E-state index contributed by atoms with van der Waals surface area (Å²) in [7, 11) is 0. The minimum Gasteiger partial charge on any atom is -0.342 e. The molecule has 0 aliphatic carbocycles. The molecule has 2 atom stereocenters. The van der Waals surface area contributed by atoms with E-state index in [9.17, 15) is 9.59 Å². The lowest BCUT2D eigenvalue weighted by molar-refractivity contribution is -0.128. The first kappa shape index (κ1) is 10.0. The highest BCUT2D eigenvalue weighted by atomic mass is 16.2. The Balaban J connectivity index is 1.97. The maximum atomic E-state index is 11.3. The van der Waals surface area contributed by atoms with Gasteiger partial charge in [-0.3, -0.25) is 9.59 Å². The monoisotopic (exact) mass is 206 g/mol. The number of likely N-dealkylation sites (tertiary alicyclic amines) is 2. The Hall–Kier alpha value is -1.50. The van der Waals surface area contributed by atoms with Gasteiger partial charge >= 0.3 is 0 Å². The predicted molar refractivity (Wildman–Crippen MR) is 54.6 cm³/mol. The molecule has 2 aliphatic heterocycles. The smallest absolute Gasteiger partial charge is 0.298 e. The van der Waals surface area contributed by atoms with Crippen molar-refractivity contribution in [3.63, 3.8) is 0 Å². The number of amides is 2. The van der Waals surface area contributed by atoms with E-state index in [1.165, 1.54) is 0 Å². The van der Waals surface area contributed by atoms with Gasteiger partial charge in [0, 0.05) is 44.9 Å². The molecule has 0 aromatic carbocycles. The van der Waals surface area contributed by atoms with E-state index in [0.29, 0.717) is 24.9 Å². The van der Waals surface area contributed by atoms with Gasteiger partial charge in [0.2, 0.25) is 5.91 Å². The molecule has 0 N–H and O–H groups in total. The van der Waals surface area contributed by atoms with Gasteiger partial charge in [-0.05, 0) is 5.92 Å². The van der Waals surface area contributed by atoms with Crippen LogP contribution in [0.15, 0.2) is 0 Å². The summed E-state index contributed by atoms with van der Waals surface area (Å²) in [5.74, 6) is 2.88. The molecule has 0 radical (unpaired) electrons. The second-order valence-electron chi connectivity index (χ2n) is 4.30. The summed E-state index contributed by atoms with van der Waals surface area (Å²) < 4.78 is 0. The Morgan fingerprint density at radius 3 is 2.00 bits per heavy atom. The maximum absolute atomic E-state index is 11.3. The van der Waals surface area contributed by atoms with Gasteiger partial charge < -0.3 is 9.80 Å². The van der Waals surface area contributed by atoms with E-state index in [2.05, 4.69) is 5.92 Å². The zero-order valence-corrected chi connectivity index (χ0v) is 8.77. The molecule has 0 aromatic rings. The van der Waals surface area contributed by atoms with Crippen LogP contribution in [0.5, 0.6) is 0 Å². The largest absolute Gasteiger partial charge is 0.342 e. The van der Waals surface area contributed by atoms with E-state index >= 15 is 0 Å². The first-order valence-corrected chi connectivity index (χ1v) is 5.13. The van der Waals surface area contributed by atoms with Crippen LogP contribution in [-0.4, -0.2) is 47.8 Å². The highest BCUT2D eigenvalue weighted by Crippen LogP contribution is 2.30. The van der Waals surface area contributed by atoms with Crippen molar-refractivity contribution in [1.82, 2.24) is 9.80 Å². The summed E-state index contributed by atoms with van der Waals surface area (Å²) in [5.41, 5.74) is 0. The normalized spacial score (nSPS) is 28.8. The third-order valence-corrected chi connectivity index (χ3v) is 3.34. The quantitative estimate of drug-likeness (QED) is 0.504. The second kappa shape index (κ2) is 3.58. The lowest BCUT2D eigenvalue weighted by atomic mass is 10.0. The first-order chi connectivity index (χ1) is 7.11. The molecule has 2 amide bonds. The lowest BCUT2D eigenvalue weighted by Gasteiger charge is -2.18. The van der Waals surface area contributed by atoms with Crippen LogP contribution in [0.25, 0.3) is 0 Å². The average Bonchev–Trinajstić information content (AvgIpc) is 2.72. The van der Waals surface area contributed by atoms with Crippen LogP contribution in [0, 0.1) is 24.2 Å². The summed E-state index contributed by atoms with van der Waals surface area (Å²) in [6.07, 6.45) is 5.07. The molecule has 2 aliphatic rings. The van der Waals surface area contributed by atoms with E-state index in [-0.39, 0.29) is 11.8 Å². The molecule has 4 nitrogen and oxygen atoms in total. The van der Waals surface area contributed by atoms with Crippen molar-refractivity contribution in [3.8, 4) is 12.3 Å². The molecule has 0 spiro atoms. The Labute approximate surface area is 89.2 Å². The van der Waals surface area contributed by atoms with Crippen LogP contribution >= 0.6 is 0 Å². The van der Waals surface area contributed by atoms with Crippen LogP contribution in [0.2, 0.25) is 0 Å². The van der Waals surface area contributed by atoms with Gasteiger partial charge in [0.1, 0.15) is 0 Å². The molecule has 2 fully saturated rings. The molecule has 0 saturated carbocycles. The Morgan fingerprint density at radius 2 is 1.60 bits per heavy atom. The molecule has 2 heterocycles. The first-order valence-electron chi connectivity index (χ1n) is 5.13. The van der Waals surface area contributed by atoms with Crippen LogP contribution in [0.3, 0.4) is 0 Å². The van der Waals surface area contributed by atoms with E-state index in [1.54, 1.807) is 11.8 Å². The molecule has 2 rings (SSSR count). The van der Waals surface area contributed by atoms with Gasteiger partial charge in [0.05, 0.1) is 0 Å². The van der Waals surface area contributed by atoms with Crippen LogP contribution in [-0.2, 0) is 9.59 Å². The van der Waals surface area contributed by atoms with E-state index in [1.807, 2.05) is 4.90 Å². The highest BCUT2D eigenvalue weighted by molar-refractivity contribution is 5.93. The minimum absolute atomic E-state index is 0.124. The summed E-state index contributed by atoms with van der Waals surface area (Å²) >= 11 is 0. The molecular weight excluding hydrogens is 192 g/mol. The molecule has 80 valence electrons. The van der Waals surface area contributed by atoms with Crippen LogP contribution in [0.1, 0.15) is 6.92 Å². The van der Waals surface area contributed by atoms with Gasteiger partial charge in [-0.2, -0.15) is 0 Å². The molecule has 0 unspecified atom stereocenters. The van der Waals surface area contributed by atoms with Crippen molar-refractivity contribution in [2.45, 2.75) is 6.92 Å². The summed E-state index contributed by atoms with van der Waals surface area (Å²) in [4.78, 5) is 26.0. The fraction of sp³-hybridized carbons (Fsp3) is 0.636. The van der Waals surface area contributed by atoms with Crippen molar-refractivity contribution >= 4 is 11.8 Å². The van der Waals surface area contributed by atoms with Gasteiger partial charge in [-0.15, -0.1) is 6.42 Å². The SMILES string of the molecule is C#CC(=O)N1C[C@H]2CN(C(C)=O)C[C@H]2C1. The van der Waals surface area contributed by atoms with Gasteiger partial charge in [0.25, 0.3) is 5.91 Å². The fourth-order valence-electron chi connectivity index (χ4n) is 2.51. The molecule has 0 aromatic heterocycles. The molecule has 2 saturated heterocycles. The van der Waals surface area contributed by atoms with E-state index < -0.39 is 0 Å². The number of rotatable bonds is 0. The van der Waals surface area contributed by atoms with E-state index in [4.69, 9.17) is 6.42 Å². The van der Waals surface area contributed by atoms with Crippen molar-refractivity contribution in [1.29, 1.82) is 0 Å². The highest BCUT2D eigenvalue weighted by Gasteiger charge is 2.41. The number of terminal acetylenes is 1. The average molecular weight is 206 g/mol. The van der Waals surface area contributed by atoms with Crippen molar-refractivity contribution in [2.24, 2.45) is 11.8 Å². The van der Waals surface area contributed by atoms with Crippen molar-refractivity contribution < 1.29 is 9.59 Å². The zero-order valence-electron chi connectivity index (χ0n) is 8.77. The number of carbonyl (C=O) groups is 2. The van der Waals surface area contributed by atoms with Gasteiger partial charge in [-0.1, -0.05) is 0 Å². The Kier molecular flexibility index (Phi) is 2.39. The fourth-order valence-corrected chi connectivity index (χ4v) is 2.51. The van der Waals surface area contributed by atoms with Crippen molar-refractivity contribution in [3.05, 3.63) is 0 Å². The topological polar surface area (TPSA) is 40.6 Å². The molecule has 15 heavy (non-hydrogen) atoms. The third-order valence-electron chi connectivity index (χ3n) is 3.34. The van der Waals surface area contributed by atoms with Gasteiger partial charge in [-0.25, -0.2) is 0 Å². The van der Waals surface area contributed by atoms with E-state index in [0.717, 1.165) is 13.1 Å². The number of fused-ring (bicyclic) bond motifs is 1. The Morgan fingerprint density at radius 1 is 1.13 bits per heavy atom. The predicted octanol–water partition coefficient (Wildman–Crippen LogP) is -0.444. The third kappa shape index (κ3) is 1.70. The summed E-state index contributed by atoms with van der Waals surface area (Å²) in [6.45, 7) is 4.54. The standard InChI is InChI=1S/C11H14N2O2/c1-3-11(15)13-6-9-4-12(8(2)14)5-10(9)7-13/h1,9-10H,4-7H2,2H3/t9-,10+. The number of hydrogen-bond acceptors (Lipinski definition) is 2. The summed E-state index contributed by atoms with van der Waals surface area (Å²) in [6, 6.07) is 0. The zero-order chi connectivity index (χ0) is 11.0. The molecule has 4 heteroatoms. The van der Waals surface area contributed by atoms with Crippen LogP contribution < -0.4 is 0 Å². The lowest BCUT2D eigenvalue weighted by Crippen LogP contribution is -2.34. The number of nitrogens with zero attached hydrogens (tertiary/aromatic N) is 2. The maximum Gasteiger partial charge on any atom is 0.298 e. The number of hydrogen-bond donors (Lipinski definition) is 0. The Bertz CT molecular complexity index is 331. The molecule has 0 bridgehead atoms. The summed E-state index contributed by atoms with van der Waals surface area (Å²) in [5, 5.41) is 0. The van der Waals surface area contributed by atoms with Gasteiger partial charge in [0.15, 0.2) is 0 Å².